The van der Waals surface area contributed by atoms with Gasteiger partial charge < -0.3 is 16.0 Å². The Labute approximate surface area is 158 Å². The summed E-state index contributed by atoms with van der Waals surface area (Å²) < 4.78 is 0. The molecule has 5 nitrogen and oxygen atoms in total. The predicted molar refractivity (Wildman–Crippen MR) is 110 cm³/mol. The number of hydrogen-bond donors (Lipinski definition) is 2. The summed E-state index contributed by atoms with van der Waals surface area (Å²) in [5, 5.41) is 3.98. The lowest BCUT2D eigenvalue weighted by Gasteiger charge is -2.24. The van der Waals surface area contributed by atoms with E-state index in [-0.39, 0.29) is 0 Å². The van der Waals surface area contributed by atoms with E-state index in [4.69, 9.17) is 17.3 Å². The summed E-state index contributed by atoms with van der Waals surface area (Å²) in [4.78, 5) is 10.8. The molecule has 0 spiro atoms. The molecule has 0 amide bonds. The fourth-order valence-corrected chi connectivity index (χ4v) is 3.07. The maximum atomic E-state index is 6.41. The molecule has 0 radical (unpaired) electrons. The topological polar surface area (TPSA) is 67.1 Å². The van der Waals surface area contributed by atoms with Gasteiger partial charge in [-0.15, -0.1) is 0 Å². The highest BCUT2D eigenvalue weighted by atomic mass is 35.5. The highest BCUT2D eigenvalue weighted by Gasteiger charge is 2.16. The number of halogens is 1. The summed E-state index contributed by atoms with van der Waals surface area (Å²) in [6.07, 6.45) is 1.53. The van der Waals surface area contributed by atoms with E-state index in [1.165, 1.54) is 11.9 Å². The summed E-state index contributed by atoms with van der Waals surface area (Å²) in [7, 11) is 0. The van der Waals surface area contributed by atoms with E-state index in [0.29, 0.717) is 22.3 Å². The molecule has 3 aromatic rings. The Kier molecular flexibility index (Phi) is 5.28. The van der Waals surface area contributed by atoms with Gasteiger partial charge in [-0.3, -0.25) is 0 Å². The van der Waals surface area contributed by atoms with Gasteiger partial charge in [-0.25, -0.2) is 9.97 Å². The van der Waals surface area contributed by atoms with Crippen LogP contribution in [0.25, 0.3) is 0 Å². The van der Waals surface area contributed by atoms with Crippen molar-refractivity contribution >= 4 is 40.3 Å². The van der Waals surface area contributed by atoms with Crippen molar-refractivity contribution in [2.45, 2.75) is 20.8 Å². The number of aryl methyl sites for hydroxylation is 2. The molecule has 3 rings (SSSR count). The summed E-state index contributed by atoms with van der Waals surface area (Å²) in [6, 6.07) is 13.9. The van der Waals surface area contributed by atoms with Crippen LogP contribution in [0.2, 0.25) is 5.02 Å². The zero-order valence-corrected chi connectivity index (χ0v) is 15.9. The highest BCUT2D eigenvalue weighted by Crippen LogP contribution is 2.34. The van der Waals surface area contributed by atoms with Crippen LogP contribution in [0.5, 0.6) is 0 Å². The number of rotatable bonds is 5. The van der Waals surface area contributed by atoms with Crippen LogP contribution in [0, 0.1) is 13.8 Å². The fraction of sp³-hybridized carbons (Fsp3) is 0.200. The molecular formula is C20H22ClN5. The molecule has 0 saturated heterocycles. The van der Waals surface area contributed by atoms with Crippen molar-refractivity contribution < 1.29 is 0 Å². The van der Waals surface area contributed by atoms with E-state index in [9.17, 15) is 0 Å². The number of nitrogens with one attached hydrogen (secondary N) is 1. The number of nitrogen functional groups attached to an aromatic ring is 1. The number of nitrogens with two attached hydrogens (primary N) is 1. The lowest BCUT2D eigenvalue weighted by molar-refractivity contribution is 0.979. The van der Waals surface area contributed by atoms with Gasteiger partial charge in [0.25, 0.3) is 0 Å². The Hall–Kier alpha value is -2.79. The summed E-state index contributed by atoms with van der Waals surface area (Å²) in [6.45, 7) is 6.86. The molecule has 1 heterocycles. The quantitative estimate of drug-likeness (QED) is 0.646. The van der Waals surface area contributed by atoms with Crippen LogP contribution in [-0.4, -0.2) is 16.5 Å². The van der Waals surface area contributed by atoms with Crippen molar-refractivity contribution in [1.29, 1.82) is 0 Å². The van der Waals surface area contributed by atoms with Crippen LogP contribution in [0.3, 0.4) is 0 Å². The molecule has 134 valence electrons. The lowest BCUT2D eigenvalue weighted by Crippen LogP contribution is -2.20. The third-order valence-corrected chi connectivity index (χ3v) is 4.42. The second-order valence-electron chi connectivity index (χ2n) is 6.13. The molecule has 3 N–H and O–H groups in total. The monoisotopic (exact) mass is 367 g/mol. The zero-order chi connectivity index (χ0) is 18.7. The van der Waals surface area contributed by atoms with Gasteiger partial charge in [0.05, 0.1) is 0 Å². The summed E-state index contributed by atoms with van der Waals surface area (Å²) >= 11 is 6.03. The van der Waals surface area contributed by atoms with Crippen LogP contribution in [0.15, 0.2) is 48.8 Å². The van der Waals surface area contributed by atoms with Gasteiger partial charge in [0, 0.05) is 22.9 Å². The third-order valence-electron chi connectivity index (χ3n) is 4.19. The zero-order valence-electron chi connectivity index (χ0n) is 15.1. The van der Waals surface area contributed by atoms with Crippen molar-refractivity contribution in [3.8, 4) is 0 Å². The van der Waals surface area contributed by atoms with Gasteiger partial charge in [-0.2, -0.15) is 0 Å². The Morgan fingerprint density at radius 2 is 1.92 bits per heavy atom. The maximum Gasteiger partial charge on any atom is 0.161 e. The molecule has 2 aromatic carbocycles. The number of anilines is 5. The molecule has 1 aromatic heterocycles. The Morgan fingerprint density at radius 1 is 1.12 bits per heavy atom. The SMILES string of the molecule is CCN(c1cccc(C)c1)c1ncnc(Nc2ccc(Cl)cc2C)c1N. The molecule has 0 aliphatic carbocycles. The van der Waals surface area contributed by atoms with Crippen LogP contribution in [-0.2, 0) is 0 Å². The Balaban J connectivity index is 1.98. The smallest absolute Gasteiger partial charge is 0.161 e. The first-order valence-corrected chi connectivity index (χ1v) is 8.85. The number of nitrogens with zero attached hydrogens (tertiary/aromatic N) is 3. The van der Waals surface area contributed by atoms with Gasteiger partial charge >= 0.3 is 0 Å². The van der Waals surface area contributed by atoms with Gasteiger partial charge in [0.15, 0.2) is 11.6 Å². The average molecular weight is 368 g/mol. The van der Waals surface area contributed by atoms with Crippen molar-refractivity contribution in [2.24, 2.45) is 0 Å². The highest BCUT2D eigenvalue weighted by molar-refractivity contribution is 6.30. The van der Waals surface area contributed by atoms with Gasteiger partial charge in [0.1, 0.15) is 12.0 Å². The Morgan fingerprint density at radius 3 is 2.62 bits per heavy atom. The molecule has 0 unspecified atom stereocenters. The molecule has 0 saturated carbocycles. The molecule has 0 aliphatic rings. The number of benzene rings is 2. The van der Waals surface area contributed by atoms with E-state index < -0.39 is 0 Å². The van der Waals surface area contributed by atoms with E-state index >= 15 is 0 Å². The van der Waals surface area contributed by atoms with Gasteiger partial charge in [0.2, 0.25) is 0 Å². The molecule has 6 heteroatoms. The molecule has 0 aliphatic heterocycles. The van der Waals surface area contributed by atoms with Crippen LogP contribution in [0.1, 0.15) is 18.1 Å². The minimum Gasteiger partial charge on any atom is -0.393 e. The van der Waals surface area contributed by atoms with Crippen molar-refractivity contribution in [3.05, 3.63) is 64.9 Å². The molecule has 0 bridgehead atoms. The van der Waals surface area contributed by atoms with Crippen molar-refractivity contribution in [2.75, 3.05) is 22.5 Å². The first-order valence-electron chi connectivity index (χ1n) is 8.47. The van der Waals surface area contributed by atoms with Crippen molar-refractivity contribution in [3.63, 3.8) is 0 Å². The Bertz CT molecular complexity index is 926. The molecular weight excluding hydrogens is 346 g/mol. The normalized spacial score (nSPS) is 10.6. The predicted octanol–water partition coefficient (Wildman–Crippen LogP) is 5.23. The van der Waals surface area contributed by atoms with Crippen molar-refractivity contribution in [1.82, 2.24) is 9.97 Å². The van der Waals surface area contributed by atoms with Gasteiger partial charge in [-0.05, 0) is 62.2 Å². The molecule has 26 heavy (non-hydrogen) atoms. The fourth-order valence-electron chi connectivity index (χ4n) is 2.85. The largest absolute Gasteiger partial charge is 0.393 e. The second kappa shape index (κ2) is 7.62. The average Bonchev–Trinajstić information content (AvgIpc) is 2.61. The van der Waals surface area contributed by atoms with Crippen LogP contribution < -0.4 is 16.0 Å². The summed E-state index contributed by atoms with van der Waals surface area (Å²) in [5.41, 5.74) is 11.1. The summed E-state index contributed by atoms with van der Waals surface area (Å²) in [5.74, 6) is 1.26. The van der Waals surface area contributed by atoms with E-state index in [1.807, 2.05) is 31.2 Å². The number of hydrogen-bond acceptors (Lipinski definition) is 5. The first kappa shape index (κ1) is 18.0. The third kappa shape index (κ3) is 3.73. The number of aromatic nitrogens is 2. The van der Waals surface area contributed by atoms with Gasteiger partial charge in [-0.1, -0.05) is 23.7 Å². The van der Waals surface area contributed by atoms with Crippen LogP contribution in [0.4, 0.5) is 28.7 Å². The lowest BCUT2D eigenvalue weighted by atomic mass is 10.2. The second-order valence-corrected chi connectivity index (χ2v) is 6.56. The maximum absolute atomic E-state index is 6.41. The first-order chi connectivity index (χ1) is 12.5. The van der Waals surface area contributed by atoms with E-state index in [1.54, 1.807) is 0 Å². The van der Waals surface area contributed by atoms with E-state index in [2.05, 4.69) is 52.2 Å². The standard InChI is InChI=1S/C20H22ClN5/c1-4-26(16-7-5-6-13(2)10-16)20-18(22)19(23-12-24-20)25-17-9-8-15(21)11-14(17)3/h5-12H,4,22H2,1-3H3,(H,23,24,25). The van der Waals surface area contributed by atoms with Crippen LogP contribution >= 0.6 is 11.6 Å². The minimum atomic E-state index is 0.505. The molecule has 0 fully saturated rings. The molecule has 0 atom stereocenters. The minimum absolute atomic E-state index is 0.505. The van der Waals surface area contributed by atoms with E-state index in [0.717, 1.165) is 23.5 Å².